The Bertz CT molecular complexity index is 599. The van der Waals surface area contributed by atoms with Gasteiger partial charge in [-0.1, -0.05) is 67.1 Å². The fourth-order valence-electron chi connectivity index (χ4n) is 2.18. The van der Waals surface area contributed by atoms with Crippen LogP contribution in [0.2, 0.25) is 0 Å². The van der Waals surface area contributed by atoms with E-state index in [2.05, 4.69) is 12.2 Å². The lowest BCUT2D eigenvalue weighted by Gasteiger charge is -2.16. The molecule has 0 aromatic heterocycles. The first kappa shape index (κ1) is 15.0. The lowest BCUT2D eigenvalue weighted by atomic mass is 10.0. The molecule has 21 heavy (non-hydrogen) atoms. The summed E-state index contributed by atoms with van der Waals surface area (Å²) in [4.78, 5) is 12.0. The number of benzene rings is 2. The fraction of sp³-hybridized carbons (Fsp3) is 0.211. The van der Waals surface area contributed by atoms with Crippen LogP contribution in [0, 0.1) is 6.92 Å². The highest BCUT2D eigenvalue weighted by atomic mass is 16.1. The highest BCUT2D eigenvalue weighted by molar-refractivity contribution is 5.92. The third kappa shape index (κ3) is 4.60. The SMILES string of the molecule is CC[C@H](NC(=O)/C=C/c1ccc(C)cc1)c1ccccc1. The molecule has 108 valence electrons. The van der Waals surface area contributed by atoms with Crippen LogP contribution in [0.4, 0.5) is 0 Å². The van der Waals surface area contributed by atoms with Crippen LogP contribution in [-0.4, -0.2) is 5.91 Å². The van der Waals surface area contributed by atoms with Crippen molar-refractivity contribution in [1.29, 1.82) is 0 Å². The smallest absolute Gasteiger partial charge is 0.244 e. The molecule has 1 N–H and O–H groups in total. The van der Waals surface area contributed by atoms with Crippen molar-refractivity contribution in [3.63, 3.8) is 0 Å². The lowest BCUT2D eigenvalue weighted by molar-refractivity contribution is -0.117. The maximum atomic E-state index is 12.0. The minimum atomic E-state index is -0.0636. The van der Waals surface area contributed by atoms with Crippen molar-refractivity contribution in [2.45, 2.75) is 26.3 Å². The third-order valence-electron chi connectivity index (χ3n) is 3.43. The van der Waals surface area contributed by atoms with Gasteiger partial charge in [-0.2, -0.15) is 0 Å². The molecule has 0 saturated heterocycles. The average molecular weight is 279 g/mol. The summed E-state index contributed by atoms with van der Waals surface area (Å²) in [5.41, 5.74) is 3.38. The number of hydrogen-bond donors (Lipinski definition) is 1. The summed E-state index contributed by atoms with van der Waals surface area (Å²) in [5.74, 6) is -0.0636. The van der Waals surface area contributed by atoms with Gasteiger partial charge in [0.05, 0.1) is 6.04 Å². The fourth-order valence-corrected chi connectivity index (χ4v) is 2.18. The van der Waals surface area contributed by atoms with E-state index in [9.17, 15) is 4.79 Å². The van der Waals surface area contributed by atoms with Gasteiger partial charge in [0.15, 0.2) is 0 Å². The molecule has 0 radical (unpaired) electrons. The van der Waals surface area contributed by atoms with Gasteiger partial charge < -0.3 is 5.32 Å². The van der Waals surface area contributed by atoms with Crippen molar-refractivity contribution in [2.75, 3.05) is 0 Å². The monoisotopic (exact) mass is 279 g/mol. The summed E-state index contributed by atoms with van der Waals surface area (Å²) in [6.45, 7) is 4.12. The summed E-state index contributed by atoms with van der Waals surface area (Å²) in [5, 5.41) is 3.04. The Morgan fingerprint density at radius 1 is 1.10 bits per heavy atom. The van der Waals surface area contributed by atoms with E-state index in [0.717, 1.165) is 17.5 Å². The summed E-state index contributed by atoms with van der Waals surface area (Å²) in [6.07, 6.45) is 4.30. The predicted octanol–water partition coefficient (Wildman–Crippen LogP) is 4.28. The number of nitrogens with one attached hydrogen (secondary N) is 1. The van der Waals surface area contributed by atoms with E-state index >= 15 is 0 Å². The van der Waals surface area contributed by atoms with Crippen LogP contribution in [0.3, 0.4) is 0 Å². The number of rotatable bonds is 5. The molecule has 0 heterocycles. The number of carbonyl (C=O) groups excluding carboxylic acids is 1. The molecule has 0 fully saturated rings. The van der Waals surface area contributed by atoms with Crippen LogP contribution in [0.5, 0.6) is 0 Å². The van der Waals surface area contributed by atoms with Crippen molar-refractivity contribution in [2.24, 2.45) is 0 Å². The van der Waals surface area contributed by atoms with Crippen LogP contribution in [0.25, 0.3) is 6.08 Å². The van der Waals surface area contributed by atoms with Gasteiger partial charge >= 0.3 is 0 Å². The van der Waals surface area contributed by atoms with E-state index in [4.69, 9.17) is 0 Å². The van der Waals surface area contributed by atoms with Gasteiger partial charge in [0, 0.05) is 6.08 Å². The number of amides is 1. The maximum absolute atomic E-state index is 12.0. The third-order valence-corrected chi connectivity index (χ3v) is 3.43. The van der Waals surface area contributed by atoms with E-state index in [1.807, 2.05) is 67.6 Å². The predicted molar refractivity (Wildman–Crippen MR) is 87.8 cm³/mol. The molecule has 1 amide bonds. The standard InChI is InChI=1S/C19H21NO/c1-3-18(17-7-5-4-6-8-17)20-19(21)14-13-16-11-9-15(2)10-12-16/h4-14,18H,3H2,1-2H3,(H,20,21)/b14-13+/t18-/m0/s1. The Balaban J connectivity index is 1.98. The zero-order valence-electron chi connectivity index (χ0n) is 12.5. The molecule has 2 aromatic carbocycles. The van der Waals surface area contributed by atoms with Gasteiger partial charge in [-0.05, 0) is 30.5 Å². The Morgan fingerprint density at radius 2 is 1.76 bits per heavy atom. The molecule has 0 spiro atoms. The second-order valence-electron chi connectivity index (χ2n) is 5.12. The van der Waals surface area contributed by atoms with Gasteiger partial charge in [-0.25, -0.2) is 0 Å². The largest absolute Gasteiger partial charge is 0.346 e. The van der Waals surface area contributed by atoms with Crippen molar-refractivity contribution in [3.8, 4) is 0 Å². The number of aryl methyl sites for hydroxylation is 1. The Labute approximate surface area is 126 Å². The molecule has 0 aliphatic carbocycles. The molecule has 1 atom stereocenters. The summed E-state index contributed by atoms with van der Waals surface area (Å²) in [6, 6.07) is 18.2. The Morgan fingerprint density at radius 3 is 2.38 bits per heavy atom. The minimum Gasteiger partial charge on any atom is -0.346 e. The molecule has 0 aliphatic heterocycles. The molecule has 0 unspecified atom stereocenters. The van der Waals surface area contributed by atoms with Gasteiger partial charge in [-0.3, -0.25) is 4.79 Å². The normalized spacial score (nSPS) is 12.3. The van der Waals surface area contributed by atoms with E-state index in [1.54, 1.807) is 6.08 Å². The summed E-state index contributed by atoms with van der Waals surface area (Å²) in [7, 11) is 0. The zero-order chi connectivity index (χ0) is 15.1. The van der Waals surface area contributed by atoms with E-state index in [1.165, 1.54) is 5.56 Å². The van der Waals surface area contributed by atoms with Crippen molar-refractivity contribution in [1.82, 2.24) is 5.32 Å². The molecule has 0 aliphatic rings. The second kappa shape index (κ2) is 7.44. The van der Waals surface area contributed by atoms with Crippen molar-refractivity contribution >= 4 is 12.0 Å². The van der Waals surface area contributed by atoms with E-state index in [-0.39, 0.29) is 11.9 Å². The van der Waals surface area contributed by atoms with Gasteiger partial charge in [0.2, 0.25) is 5.91 Å². The second-order valence-corrected chi connectivity index (χ2v) is 5.12. The molecule has 2 rings (SSSR count). The number of carbonyl (C=O) groups is 1. The van der Waals surface area contributed by atoms with Crippen molar-refractivity contribution < 1.29 is 4.79 Å². The lowest BCUT2D eigenvalue weighted by Crippen LogP contribution is -2.26. The molecule has 2 aromatic rings. The molecule has 2 heteroatoms. The maximum Gasteiger partial charge on any atom is 0.244 e. The van der Waals surface area contributed by atoms with E-state index < -0.39 is 0 Å². The first-order chi connectivity index (χ1) is 10.2. The van der Waals surface area contributed by atoms with Gasteiger partial charge in [-0.15, -0.1) is 0 Å². The van der Waals surface area contributed by atoms with Crippen LogP contribution in [-0.2, 0) is 4.79 Å². The highest BCUT2D eigenvalue weighted by Crippen LogP contribution is 2.15. The molecular formula is C19H21NO. The molecule has 0 saturated carbocycles. The topological polar surface area (TPSA) is 29.1 Å². The average Bonchev–Trinajstić information content (AvgIpc) is 2.53. The Kier molecular flexibility index (Phi) is 5.33. The Hall–Kier alpha value is -2.35. The van der Waals surface area contributed by atoms with Crippen molar-refractivity contribution in [3.05, 3.63) is 77.4 Å². The minimum absolute atomic E-state index is 0.0568. The molecular weight excluding hydrogens is 258 g/mol. The van der Waals surface area contributed by atoms with E-state index in [0.29, 0.717) is 0 Å². The summed E-state index contributed by atoms with van der Waals surface area (Å²) >= 11 is 0. The first-order valence-electron chi connectivity index (χ1n) is 7.29. The quantitative estimate of drug-likeness (QED) is 0.813. The van der Waals surface area contributed by atoms with Crippen LogP contribution in [0.1, 0.15) is 36.1 Å². The van der Waals surface area contributed by atoms with Gasteiger partial charge in [0.1, 0.15) is 0 Å². The zero-order valence-corrected chi connectivity index (χ0v) is 12.5. The highest BCUT2D eigenvalue weighted by Gasteiger charge is 2.10. The number of hydrogen-bond acceptors (Lipinski definition) is 1. The molecule has 2 nitrogen and oxygen atoms in total. The van der Waals surface area contributed by atoms with Crippen LogP contribution < -0.4 is 5.32 Å². The first-order valence-corrected chi connectivity index (χ1v) is 7.29. The van der Waals surface area contributed by atoms with Crippen LogP contribution >= 0.6 is 0 Å². The summed E-state index contributed by atoms with van der Waals surface area (Å²) < 4.78 is 0. The van der Waals surface area contributed by atoms with Gasteiger partial charge in [0.25, 0.3) is 0 Å². The molecule has 0 bridgehead atoms. The van der Waals surface area contributed by atoms with Crippen LogP contribution in [0.15, 0.2) is 60.7 Å².